The molecule has 0 aliphatic carbocycles. The van der Waals surface area contributed by atoms with Crippen molar-refractivity contribution in [2.45, 2.75) is 77.5 Å². The number of piperazine rings is 3. The number of rotatable bonds is 20. The molecule has 4 aliphatic rings. The molecule has 4 saturated heterocycles. The van der Waals surface area contributed by atoms with Crippen LogP contribution in [0.15, 0.2) is 0 Å². The molecule has 0 atom stereocenters. The molecule has 10 heteroatoms. The van der Waals surface area contributed by atoms with E-state index in [1.807, 2.05) is 0 Å². The molecule has 0 spiro atoms. The predicted octanol–water partition coefficient (Wildman–Crippen LogP) is 2.34. The highest BCUT2D eigenvalue weighted by Gasteiger charge is 2.33. The van der Waals surface area contributed by atoms with E-state index in [2.05, 4.69) is 68.9 Å². The molecular formula is C36H73N7O3. The fourth-order valence-corrected chi connectivity index (χ4v) is 7.51. The molecule has 10 nitrogen and oxygen atoms in total. The Kier molecular flexibility index (Phi) is 16.4. The summed E-state index contributed by atoms with van der Waals surface area (Å²) < 4.78 is 17.6. The fourth-order valence-electron chi connectivity index (χ4n) is 7.51. The average Bonchev–Trinajstić information content (AvgIpc) is 3.01. The summed E-state index contributed by atoms with van der Waals surface area (Å²) in [7, 11) is 1.79. The predicted molar refractivity (Wildman–Crippen MR) is 190 cm³/mol. The number of likely N-dealkylation sites (tertiary alicyclic amines) is 1. The number of unbranched alkanes of at least 4 members (excludes halogenated alkanes) is 1. The lowest BCUT2D eigenvalue weighted by atomic mass is 10.0. The minimum absolute atomic E-state index is 0.0307. The van der Waals surface area contributed by atoms with Gasteiger partial charge in [-0.2, -0.15) is 0 Å². The molecule has 0 amide bonds. The maximum Gasteiger partial charge on any atom is 0.0627 e. The van der Waals surface area contributed by atoms with E-state index in [1.54, 1.807) is 7.11 Å². The molecule has 0 radical (unpaired) electrons. The second kappa shape index (κ2) is 19.7. The summed E-state index contributed by atoms with van der Waals surface area (Å²) in [6, 6.07) is 0.757. The van der Waals surface area contributed by atoms with E-state index in [9.17, 15) is 0 Å². The second-order valence-electron chi connectivity index (χ2n) is 16.0. The molecule has 0 saturated carbocycles. The smallest absolute Gasteiger partial charge is 0.0627 e. The third-order valence-corrected chi connectivity index (χ3v) is 11.0. The Labute approximate surface area is 283 Å². The minimum atomic E-state index is -0.0307. The summed E-state index contributed by atoms with van der Waals surface area (Å²) in [4.78, 5) is 18.3. The van der Waals surface area contributed by atoms with Gasteiger partial charge >= 0.3 is 0 Å². The van der Waals surface area contributed by atoms with E-state index < -0.39 is 0 Å². The van der Waals surface area contributed by atoms with Crippen LogP contribution in [0.1, 0.15) is 60.3 Å². The van der Waals surface area contributed by atoms with Gasteiger partial charge in [-0.15, -0.1) is 0 Å². The second-order valence-corrected chi connectivity index (χ2v) is 16.0. The van der Waals surface area contributed by atoms with E-state index in [4.69, 9.17) is 14.2 Å². The topological polar surface area (TPSA) is 50.4 Å². The highest BCUT2D eigenvalue weighted by atomic mass is 16.5. The molecule has 270 valence electrons. The Morgan fingerprint density at radius 2 is 1.02 bits per heavy atom. The zero-order valence-corrected chi connectivity index (χ0v) is 31.0. The standard InChI is InChI=1S/C36H73N7O3/c1-35(2,3)43-23-19-40(20-24-43)27-31-46-36(4,5)10-9-12-41-32-34(33-41)42-21-17-39(18-22-42)26-30-45-29-25-38-15-13-37(14-16-38)11-7-8-28-44-6/h34H,7-33H2,1-6H3. The molecule has 0 N–H and O–H groups in total. The van der Waals surface area contributed by atoms with Crippen molar-refractivity contribution in [1.82, 2.24) is 34.3 Å². The van der Waals surface area contributed by atoms with E-state index >= 15 is 0 Å². The number of hydrogen-bond donors (Lipinski definition) is 0. The van der Waals surface area contributed by atoms with Gasteiger partial charge in [-0.05, 0) is 73.4 Å². The molecule has 4 aliphatic heterocycles. The molecule has 0 aromatic carbocycles. The maximum absolute atomic E-state index is 6.37. The van der Waals surface area contributed by atoms with Crippen LogP contribution in [-0.4, -0.2) is 209 Å². The van der Waals surface area contributed by atoms with Crippen LogP contribution >= 0.6 is 0 Å². The van der Waals surface area contributed by atoms with Gasteiger partial charge in [-0.1, -0.05) is 0 Å². The molecule has 0 aromatic heterocycles. The lowest BCUT2D eigenvalue weighted by Crippen LogP contribution is -2.63. The Balaban J connectivity index is 0.938. The number of ether oxygens (including phenoxy) is 3. The van der Waals surface area contributed by atoms with Crippen LogP contribution in [0.2, 0.25) is 0 Å². The third kappa shape index (κ3) is 13.8. The van der Waals surface area contributed by atoms with Crippen LogP contribution in [0.4, 0.5) is 0 Å². The summed E-state index contributed by atoms with van der Waals surface area (Å²) in [5.74, 6) is 0. The molecular weight excluding hydrogens is 578 g/mol. The van der Waals surface area contributed by atoms with Crippen molar-refractivity contribution in [1.29, 1.82) is 0 Å². The van der Waals surface area contributed by atoms with E-state index in [0.29, 0.717) is 0 Å². The van der Waals surface area contributed by atoms with Gasteiger partial charge in [0.2, 0.25) is 0 Å². The summed E-state index contributed by atoms with van der Waals surface area (Å²) in [5, 5.41) is 0. The van der Waals surface area contributed by atoms with E-state index in [1.165, 1.54) is 111 Å². The van der Waals surface area contributed by atoms with Gasteiger partial charge in [0.05, 0.1) is 25.4 Å². The average molecular weight is 652 g/mol. The van der Waals surface area contributed by atoms with Crippen LogP contribution in [-0.2, 0) is 14.2 Å². The van der Waals surface area contributed by atoms with Crippen LogP contribution < -0.4 is 0 Å². The summed E-state index contributed by atoms with van der Waals surface area (Å²) in [5.41, 5.74) is 0.254. The zero-order valence-electron chi connectivity index (χ0n) is 31.0. The molecule has 0 bridgehead atoms. The van der Waals surface area contributed by atoms with Gasteiger partial charge in [-0.3, -0.25) is 24.5 Å². The quantitative estimate of drug-likeness (QED) is 0.184. The van der Waals surface area contributed by atoms with E-state index in [0.717, 1.165) is 71.6 Å². The highest BCUT2D eigenvalue weighted by Crippen LogP contribution is 2.22. The molecule has 46 heavy (non-hydrogen) atoms. The monoisotopic (exact) mass is 652 g/mol. The van der Waals surface area contributed by atoms with Gasteiger partial charge in [0.1, 0.15) is 0 Å². The molecule has 0 unspecified atom stereocenters. The van der Waals surface area contributed by atoms with Crippen LogP contribution in [0.25, 0.3) is 0 Å². The van der Waals surface area contributed by atoms with Gasteiger partial charge in [0.15, 0.2) is 0 Å². The van der Waals surface area contributed by atoms with E-state index in [-0.39, 0.29) is 11.1 Å². The van der Waals surface area contributed by atoms with Crippen molar-refractivity contribution >= 4 is 0 Å². The lowest BCUT2D eigenvalue weighted by Gasteiger charge is -2.48. The van der Waals surface area contributed by atoms with Gasteiger partial charge in [0.25, 0.3) is 0 Å². The number of nitrogens with zero attached hydrogens (tertiary/aromatic N) is 7. The Morgan fingerprint density at radius 3 is 1.59 bits per heavy atom. The number of hydrogen-bond acceptors (Lipinski definition) is 10. The molecule has 0 aromatic rings. The zero-order chi connectivity index (χ0) is 32.8. The van der Waals surface area contributed by atoms with Gasteiger partial charge in [-0.25, -0.2) is 0 Å². The molecule has 4 heterocycles. The summed E-state index contributed by atoms with van der Waals surface area (Å²) >= 11 is 0. The van der Waals surface area contributed by atoms with Crippen molar-refractivity contribution in [3.8, 4) is 0 Å². The molecule has 4 fully saturated rings. The summed E-state index contributed by atoms with van der Waals surface area (Å²) in [6.07, 6.45) is 4.78. The Bertz CT molecular complexity index is 798. The van der Waals surface area contributed by atoms with Crippen molar-refractivity contribution in [2.24, 2.45) is 0 Å². The van der Waals surface area contributed by atoms with Crippen LogP contribution in [0.3, 0.4) is 0 Å². The lowest BCUT2D eigenvalue weighted by molar-refractivity contribution is -0.0437. The Morgan fingerprint density at radius 1 is 0.522 bits per heavy atom. The fraction of sp³-hybridized carbons (Fsp3) is 1.00. The van der Waals surface area contributed by atoms with Crippen LogP contribution in [0.5, 0.6) is 0 Å². The first-order chi connectivity index (χ1) is 22.1. The minimum Gasteiger partial charge on any atom is -0.385 e. The third-order valence-electron chi connectivity index (χ3n) is 11.0. The van der Waals surface area contributed by atoms with Crippen molar-refractivity contribution in [2.75, 3.05) is 158 Å². The van der Waals surface area contributed by atoms with Gasteiger partial charge in [0, 0.05) is 137 Å². The SMILES string of the molecule is COCCCCN1CCN(CCOCCN2CCN(C3CN(CCCC(C)(C)OCCN4CCN(C(C)(C)C)CC4)C3)CC2)CC1. The van der Waals surface area contributed by atoms with Crippen molar-refractivity contribution < 1.29 is 14.2 Å². The first-order valence-corrected chi connectivity index (χ1v) is 18.9. The first kappa shape index (κ1) is 38.4. The molecule has 4 rings (SSSR count). The van der Waals surface area contributed by atoms with Crippen molar-refractivity contribution in [3.05, 3.63) is 0 Å². The largest absolute Gasteiger partial charge is 0.385 e. The van der Waals surface area contributed by atoms with Crippen molar-refractivity contribution in [3.63, 3.8) is 0 Å². The Hall–Kier alpha value is -0.400. The van der Waals surface area contributed by atoms with Crippen LogP contribution in [0, 0.1) is 0 Å². The van der Waals surface area contributed by atoms with Gasteiger partial charge < -0.3 is 24.0 Å². The summed E-state index contributed by atoms with van der Waals surface area (Å²) in [6.45, 7) is 37.3. The maximum atomic E-state index is 6.37. The first-order valence-electron chi connectivity index (χ1n) is 18.9. The number of methoxy groups -OCH3 is 1. The normalized spacial score (nSPS) is 23.3. The highest BCUT2D eigenvalue weighted by molar-refractivity contribution is 4.90.